The van der Waals surface area contributed by atoms with Gasteiger partial charge in [0, 0.05) is 5.75 Å². The Kier molecular flexibility index (Phi) is 5.48. The van der Waals surface area contributed by atoms with E-state index in [4.69, 9.17) is 0 Å². The van der Waals surface area contributed by atoms with E-state index in [9.17, 15) is 13.2 Å². The Hall–Kier alpha value is 0.490. The molecule has 0 saturated heterocycles. The zero-order chi connectivity index (χ0) is 9.78. The lowest BCUT2D eigenvalue weighted by Gasteiger charge is -2.22. The molecule has 0 spiro atoms. The summed E-state index contributed by atoms with van der Waals surface area (Å²) in [5.74, 6) is 0.360. The van der Waals surface area contributed by atoms with E-state index in [0.29, 0.717) is 5.75 Å². The van der Waals surface area contributed by atoms with Crippen molar-refractivity contribution < 1.29 is 13.2 Å². The van der Waals surface area contributed by atoms with Gasteiger partial charge in [-0.25, -0.2) is 0 Å². The predicted octanol–water partition coefficient (Wildman–Crippen LogP) is 3.97. The summed E-state index contributed by atoms with van der Waals surface area (Å²) in [4.78, 5) is 0. The largest absolute Gasteiger partial charge is 0.401 e. The second kappa shape index (κ2) is 5.27. The van der Waals surface area contributed by atoms with Crippen LogP contribution >= 0.6 is 21.6 Å². The Morgan fingerprint density at radius 3 is 2.00 bits per heavy atom. The molecule has 0 nitrogen and oxygen atoms in total. The molecule has 0 aromatic carbocycles. The average Bonchev–Trinajstić information content (AvgIpc) is 1.84. The van der Waals surface area contributed by atoms with Gasteiger partial charge in [0.05, 0.1) is 0 Å². The van der Waals surface area contributed by atoms with Crippen molar-refractivity contribution in [2.24, 2.45) is 5.92 Å². The van der Waals surface area contributed by atoms with E-state index in [0.717, 1.165) is 10.8 Å². The Labute approximate surface area is 79.1 Å². The molecular formula is C7H13F3S2. The van der Waals surface area contributed by atoms with Crippen LogP contribution in [0.1, 0.15) is 20.8 Å². The summed E-state index contributed by atoms with van der Waals surface area (Å²) in [6, 6.07) is 0. The molecule has 0 fully saturated rings. The van der Waals surface area contributed by atoms with Gasteiger partial charge in [0.1, 0.15) is 5.25 Å². The zero-order valence-corrected chi connectivity index (χ0v) is 8.95. The summed E-state index contributed by atoms with van der Waals surface area (Å²) in [5.41, 5.74) is 0. The fraction of sp³-hybridized carbons (Fsp3) is 1.00. The van der Waals surface area contributed by atoms with Gasteiger partial charge < -0.3 is 0 Å². The van der Waals surface area contributed by atoms with E-state index >= 15 is 0 Å². The molecule has 0 rings (SSSR count). The monoisotopic (exact) mass is 218 g/mol. The van der Waals surface area contributed by atoms with Crippen LogP contribution in [0.3, 0.4) is 0 Å². The van der Waals surface area contributed by atoms with Crippen molar-refractivity contribution in [1.82, 2.24) is 0 Å². The van der Waals surface area contributed by atoms with Gasteiger partial charge in [-0.05, 0) is 5.92 Å². The van der Waals surface area contributed by atoms with Crippen LogP contribution < -0.4 is 0 Å². The highest BCUT2D eigenvalue weighted by atomic mass is 33.1. The molecule has 0 aliphatic heterocycles. The average molecular weight is 218 g/mol. The van der Waals surface area contributed by atoms with Crippen LogP contribution in [-0.2, 0) is 0 Å². The molecule has 0 amide bonds. The van der Waals surface area contributed by atoms with Gasteiger partial charge in [-0.2, -0.15) is 13.2 Å². The van der Waals surface area contributed by atoms with E-state index in [1.807, 2.05) is 6.92 Å². The molecule has 0 aliphatic rings. The second-order valence-electron chi connectivity index (χ2n) is 2.71. The minimum atomic E-state index is -4.07. The molecule has 0 radical (unpaired) electrons. The standard InChI is InChI=1S/C7H13F3S2/c1-4-11-12-6(5(2)3)7(8,9)10/h5-6H,4H2,1-3H3. The summed E-state index contributed by atoms with van der Waals surface area (Å²) < 4.78 is 36.8. The third-order valence-electron chi connectivity index (χ3n) is 1.22. The smallest absolute Gasteiger partial charge is 0.170 e. The SMILES string of the molecule is CCSSC(C(C)C)C(F)(F)F. The van der Waals surface area contributed by atoms with E-state index in [1.165, 1.54) is 10.8 Å². The topological polar surface area (TPSA) is 0 Å². The number of alkyl halides is 3. The highest BCUT2D eigenvalue weighted by Gasteiger charge is 2.42. The van der Waals surface area contributed by atoms with Crippen molar-refractivity contribution in [3.63, 3.8) is 0 Å². The fourth-order valence-corrected chi connectivity index (χ4v) is 3.14. The van der Waals surface area contributed by atoms with Gasteiger partial charge in [0.25, 0.3) is 0 Å². The molecule has 5 heteroatoms. The molecule has 12 heavy (non-hydrogen) atoms. The Morgan fingerprint density at radius 1 is 1.25 bits per heavy atom. The Bertz CT molecular complexity index is 122. The maximum atomic E-state index is 12.3. The maximum Gasteiger partial charge on any atom is 0.401 e. The number of rotatable bonds is 4. The van der Waals surface area contributed by atoms with Gasteiger partial charge >= 0.3 is 6.18 Å². The molecule has 0 aromatic heterocycles. The first kappa shape index (κ1) is 12.5. The van der Waals surface area contributed by atoms with Crippen LogP contribution in [0, 0.1) is 5.92 Å². The van der Waals surface area contributed by atoms with Crippen molar-refractivity contribution in [3.8, 4) is 0 Å². The Morgan fingerprint density at radius 2 is 1.75 bits per heavy atom. The highest BCUT2D eigenvalue weighted by molar-refractivity contribution is 8.76. The third kappa shape index (κ3) is 4.50. The molecule has 0 aromatic rings. The summed E-state index contributed by atoms with van der Waals surface area (Å²) >= 11 is 0. The van der Waals surface area contributed by atoms with Crippen LogP contribution in [0.5, 0.6) is 0 Å². The Balaban J connectivity index is 4.05. The first-order valence-corrected chi connectivity index (χ1v) is 6.12. The summed E-state index contributed by atoms with van der Waals surface area (Å²) in [6.07, 6.45) is -4.07. The van der Waals surface area contributed by atoms with Gasteiger partial charge in [-0.1, -0.05) is 42.4 Å². The van der Waals surface area contributed by atoms with Gasteiger partial charge in [-0.15, -0.1) is 0 Å². The molecule has 0 aliphatic carbocycles. The number of hydrogen-bond donors (Lipinski definition) is 0. The zero-order valence-electron chi connectivity index (χ0n) is 7.31. The van der Waals surface area contributed by atoms with Crippen molar-refractivity contribution in [3.05, 3.63) is 0 Å². The quantitative estimate of drug-likeness (QED) is 0.655. The number of hydrogen-bond acceptors (Lipinski definition) is 2. The fourth-order valence-electron chi connectivity index (χ4n) is 0.685. The molecule has 0 bridgehead atoms. The van der Waals surface area contributed by atoms with Crippen molar-refractivity contribution >= 4 is 21.6 Å². The first-order chi connectivity index (χ1) is 5.39. The van der Waals surface area contributed by atoms with Crippen LogP contribution in [0.25, 0.3) is 0 Å². The van der Waals surface area contributed by atoms with Crippen LogP contribution in [0.4, 0.5) is 13.2 Å². The van der Waals surface area contributed by atoms with Crippen LogP contribution in [0.15, 0.2) is 0 Å². The molecule has 1 unspecified atom stereocenters. The second-order valence-corrected chi connectivity index (χ2v) is 5.51. The molecule has 74 valence electrons. The normalized spacial score (nSPS) is 15.2. The van der Waals surface area contributed by atoms with Gasteiger partial charge in [-0.3, -0.25) is 0 Å². The lowest BCUT2D eigenvalue weighted by molar-refractivity contribution is -0.135. The number of halogens is 3. The lowest BCUT2D eigenvalue weighted by atomic mass is 10.1. The molecule has 0 saturated carbocycles. The lowest BCUT2D eigenvalue weighted by Crippen LogP contribution is -2.29. The summed E-state index contributed by atoms with van der Waals surface area (Å²) in [6.45, 7) is 5.05. The molecular weight excluding hydrogens is 205 g/mol. The molecule has 1 atom stereocenters. The highest BCUT2D eigenvalue weighted by Crippen LogP contribution is 2.41. The minimum absolute atomic E-state index is 0.353. The van der Waals surface area contributed by atoms with Crippen molar-refractivity contribution in [2.75, 3.05) is 5.75 Å². The van der Waals surface area contributed by atoms with Gasteiger partial charge in [0.2, 0.25) is 0 Å². The van der Waals surface area contributed by atoms with E-state index in [-0.39, 0.29) is 5.92 Å². The predicted molar refractivity (Wildman–Crippen MR) is 50.4 cm³/mol. The first-order valence-electron chi connectivity index (χ1n) is 3.74. The molecule has 0 N–H and O–H groups in total. The summed E-state index contributed by atoms with van der Waals surface area (Å²) in [5, 5.41) is -1.23. The summed E-state index contributed by atoms with van der Waals surface area (Å²) in [7, 11) is 2.20. The van der Waals surface area contributed by atoms with E-state index in [1.54, 1.807) is 13.8 Å². The van der Waals surface area contributed by atoms with Crippen LogP contribution in [-0.4, -0.2) is 17.2 Å². The molecule has 0 heterocycles. The van der Waals surface area contributed by atoms with E-state index in [2.05, 4.69) is 0 Å². The van der Waals surface area contributed by atoms with Crippen molar-refractivity contribution in [1.29, 1.82) is 0 Å². The maximum absolute atomic E-state index is 12.3. The third-order valence-corrected chi connectivity index (χ3v) is 4.35. The van der Waals surface area contributed by atoms with E-state index < -0.39 is 11.4 Å². The van der Waals surface area contributed by atoms with Crippen LogP contribution in [0.2, 0.25) is 0 Å². The van der Waals surface area contributed by atoms with Crippen molar-refractivity contribution in [2.45, 2.75) is 32.2 Å². The minimum Gasteiger partial charge on any atom is -0.170 e. The van der Waals surface area contributed by atoms with Gasteiger partial charge in [0.15, 0.2) is 0 Å².